The molecule has 2 aromatic rings. The topological polar surface area (TPSA) is 63.8 Å². The maximum absolute atomic E-state index is 5.22. The van der Waals surface area contributed by atoms with E-state index in [1.54, 1.807) is 6.33 Å². The van der Waals surface area contributed by atoms with Crippen LogP contribution in [0.3, 0.4) is 0 Å². The molecule has 3 rings (SSSR count). The number of aryl methyl sites for hydroxylation is 2. The Morgan fingerprint density at radius 1 is 1.35 bits per heavy atom. The van der Waals surface area contributed by atoms with Gasteiger partial charge in [0.15, 0.2) is 0 Å². The summed E-state index contributed by atoms with van der Waals surface area (Å²) in [6.45, 7) is 6.09. The zero-order valence-electron chi connectivity index (χ0n) is 12.0. The van der Waals surface area contributed by atoms with Gasteiger partial charge in [-0.3, -0.25) is 0 Å². The Morgan fingerprint density at radius 2 is 2.25 bits per heavy atom. The molecule has 1 saturated heterocycles. The standard InChI is InChI=1S/C15H20N4O/c1-10-15(11(2)20-19-10)14-7-13(17-9-18-14)6-12-4-3-5-16-8-12/h7,9,12,16H,3-6,8H2,1-2H3/t12-/m1/s1. The Bertz CT molecular complexity index is 568. The lowest BCUT2D eigenvalue weighted by Crippen LogP contribution is -2.31. The van der Waals surface area contributed by atoms with Gasteiger partial charge in [-0.05, 0) is 58.2 Å². The molecule has 0 bridgehead atoms. The van der Waals surface area contributed by atoms with E-state index in [-0.39, 0.29) is 0 Å². The Balaban J connectivity index is 1.82. The van der Waals surface area contributed by atoms with Gasteiger partial charge in [-0.25, -0.2) is 9.97 Å². The van der Waals surface area contributed by atoms with E-state index >= 15 is 0 Å². The SMILES string of the molecule is Cc1noc(C)c1-c1cc(C[C@H]2CCCNC2)ncn1. The monoisotopic (exact) mass is 272 g/mol. The fourth-order valence-electron chi connectivity index (χ4n) is 2.89. The maximum atomic E-state index is 5.22. The predicted molar refractivity (Wildman–Crippen MR) is 76.3 cm³/mol. The van der Waals surface area contributed by atoms with Gasteiger partial charge in [0.05, 0.1) is 17.0 Å². The molecule has 5 heteroatoms. The van der Waals surface area contributed by atoms with E-state index in [4.69, 9.17) is 4.52 Å². The molecule has 5 nitrogen and oxygen atoms in total. The number of piperidine rings is 1. The normalized spacial score (nSPS) is 19.2. The fourth-order valence-corrected chi connectivity index (χ4v) is 2.89. The van der Waals surface area contributed by atoms with Crippen LogP contribution >= 0.6 is 0 Å². The summed E-state index contributed by atoms with van der Waals surface area (Å²) in [4.78, 5) is 8.78. The Kier molecular flexibility index (Phi) is 3.78. The molecule has 0 radical (unpaired) electrons. The predicted octanol–water partition coefficient (Wildman–Crippen LogP) is 2.29. The lowest BCUT2D eigenvalue weighted by Gasteiger charge is -2.22. The summed E-state index contributed by atoms with van der Waals surface area (Å²) < 4.78 is 5.22. The zero-order valence-corrected chi connectivity index (χ0v) is 12.0. The van der Waals surface area contributed by atoms with Gasteiger partial charge in [0, 0.05) is 5.69 Å². The van der Waals surface area contributed by atoms with Gasteiger partial charge in [-0.15, -0.1) is 0 Å². The van der Waals surface area contributed by atoms with Crippen molar-refractivity contribution in [1.82, 2.24) is 20.4 Å². The van der Waals surface area contributed by atoms with Crippen LogP contribution in [0.15, 0.2) is 16.9 Å². The summed E-state index contributed by atoms with van der Waals surface area (Å²) in [7, 11) is 0. The van der Waals surface area contributed by atoms with Crippen molar-refractivity contribution in [1.29, 1.82) is 0 Å². The van der Waals surface area contributed by atoms with Crippen LogP contribution in [0.25, 0.3) is 11.3 Å². The van der Waals surface area contributed by atoms with E-state index < -0.39 is 0 Å². The molecule has 1 fully saturated rings. The molecule has 0 aliphatic carbocycles. The number of hydrogen-bond acceptors (Lipinski definition) is 5. The van der Waals surface area contributed by atoms with Crippen LogP contribution in [-0.2, 0) is 6.42 Å². The molecule has 1 aliphatic heterocycles. The lowest BCUT2D eigenvalue weighted by molar-refractivity contribution is 0.373. The van der Waals surface area contributed by atoms with Crippen LogP contribution in [0.1, 0.15) is 30.0 Å². The molecule has 0 amide bonds. The summed E-state index contributed by atoms with van der Waals surface area (Å²) in [5.41, 5.74) is 3.89. The zero-order chi connectivity index (χ0) is 13.9. The largest absolute Gasteiger partial charge is 0.361 e. The third kappa shape index (κ3) is 2.72. The van der Waals surface area contributed by atoms with Gasteiger partial charge in [-0.1, -0.05) is 5.16 Å². The third-order valence-electron chi connectivity index (χ3n) is 3.91. The smallest absolute Gasteiger partial charge is 0.143 e. The highest BCUT2D eigenvalue weighted by atomic mass is 16.5. The van der Waals surface area contributed by atoms with Crippen molar-refractivity contribution in [3.8, 4) is 11.3 Å². The molecule has 0 spiro atoms. The van der Waals surface area contributed by atoms with Crippen molar-refractivity contribution in [2.24, 2.45) is 5.92 Å². The molecule has 3 heterocycles. The summed E-state index contributed by atoms with van der Waals surface area (Å²) in [6, 6.07) is 2.07. The van der Waals surface area contributed by atoms with E-state index in [1.807, 2.05) is 13.8 Å². The highest BCUT2D eigenvalue weighted by molar-refractivity contribution is 5.63. The molecule has 1 N–H and O–H groups in total. The number of hydrogen-bond donors (Lipinski definition) is 1. The van der Waals surface area contributed by atoms with Crippen LogP contribution < -0.4 is 5.32 Å². The van der Waals surface area contributed by atoms with Gasteiger partial charge >= 0.3 is 0 Å². The van der Waals surface area contributed by atoms with Gasteiger partial charge in [0.25, 0.3) is 0 Å². The van der Waals surface area contributed by atoms with Crippen LogP contribution in [0.5, 0.6) is 0 Å². The molecule has 1 aliphatic rings. The molecule has 1 atom stereocenters. The summed E-state index contributed by atoms with van der Waals surface area (Å²) in [5.74, 6) is 1.49. The van der Waals surface area contributed by atoms with Gasteiger partial charge in [-0.2, -0.15) is 0 Å². The van der Waals surface area contributed by atoms with E-state index in [2.05, 4.69) is 26.5 Å². The summed E-state index contributed by atoms with van der Waals surface area (Å²) in [6.07, 6.45) is 5.18. The molecular formula is C15H20N4O. The van der Waals surface area contributed by atoms with E-state index in [0.717, 1.165) is 47.9 Å². The van der Waals surface area contributed by atoms with Crippen LogP contribution in [0.4, 0.5) is 0 Å². The molecule has 106 valence electrons. The quantitative estimate of drug-likeness (QED) is 0.928. The first kappa shape index (κ1) is 13.2. The highest BCUT2D eigenvalue weighted by Crippen LogP contribution is 2.25. The fraction of sp³-hybridized carbons (Fsp3) is 0.533. The average Bonchev–Trinajstić information content (AvgIpc) is 2.80. The molecule has 0 saturated carbocycles. The summed E-state index contributed by atoms with van der Waals surface area (Å²) in [5, 5.41) is 7.44. The van der Waals surface area contributed by atoms with Crippen molar-refractivity contribution in [3.05, 3.63) is 29.5 Å². The van der Waals surface area contributed by atoms with Gasteiger partial charge in [0.2, 0.25) is 0 Å². The second-order valence-corrected chi connectivity index (χ2v) is 5.51. The summed E-state index contributed by atoms with van der Waals surface area (Å²) >= 11 is 0. The number of nitrogens with zero attached hydrogens (tertiary/aromatic N) is 3. The minimum Gasteiger partial charge on any atom is -0.361 e. The van der Waals surface area contributed by atoms with Crippen molar-refractivity contribution in [2.45, 2.75) is 33.1 Å². The van der Waals surface area contributed by atoms with Crippen molar-refractivity contribution >= 4 is 0 Å². The minimum absolute atomic E-state index is 0.677. The molecular weight excluding hydrogens is 252 g/mol. The molecule has 2 aromatic heterocycles. The third-order valence-corrected chi connectivity index (χ3v) is 3.91. The Hall–Kier alpha value is -1.75. The van der Waals surface area contributed by atoms with Crippen LogP contribution in [-0.4, -0.2) is 28.2 Å². The second-order valence-electron chi connectivity index (χ2n) is 5.51. The lowest BCUT2D eigenvalue weighted by atomic mass is 9.94. The second kappa shape index (κ2) is 5.71. The first-order valence-corrected chi connectivity index (χ1v) is 7.19. The molecule has 0 aromatic carbocycles. The van der Waals surface area contributed by atoms with Crippen molar-refractivity contribution < 1.29 is 4.52 Å². The number of rotatable bonds is 3. The Morgan fingerprint density at radius 3 is 2.95 bits per heavy atom. The van der Waals surface area contributed by atoms with Crippen molar-refractivity contribution in [2.75, 3.05) is 13.1 Å². The number of aromatic nitrogens is 3. The van der Waals surface area contributed by atoms with Crippen LogP contribution in [0, 0.1) is 19.8 Å². The Labute approximate surface area is 118 Å². The molecule has 20 heavy (non-hydrogen) atoms. The first-order valence-electron chi connectivity index (χ1n) is 7.19. The molecule has 0 unspecified atom stereocenters. The average molecular weight is 272 g/mol. The van der Waals surface area contributed by atoms with E-state index in [9.17, 15) is 0 Å². The minimum atomic E-state index is 0.677. The first-order chi connectivity index (χ1) is 9.74. The van der Waals surface area contributed by atoms with Crippen molar-refractivity contribution in [3.63, 3.8) is 0 Å². The van der Waals surface area contributed by atoms with E-state index in [0.29, 0.717) is 5.92 Å². The van der Waals surface area contributed by atoms with Crippen LogP contribution in [0.2, 0.25) is 0 Å². The van der Waals surface area contributed by atoms with Gasteiger partial charge in [0.1, 0.15) is 12.1 Å². The highest BCUT2D eigenvalue weighted by Gasteiger charge is 2.17. The van der Waals surface area contributed by atoms with Gasteiger partial charge < -0.3 is 9.84 Å². The van der Waals surface area contributed by atoms with E-state index in [1.165, 1.54) is 12.8 Å². The maximum Gasteiger partial charge on any atom is 0.143 e. The number of nitrogens with one attached hydrogen (secondary N) is 1.